The normalized spacial score (nSPS) is 12.2. The van der Waals surface area contributed by atoms with Crippen molar-refractivity contribution in [3.05, 3.63) is 0 Å². The third-order valence-corrected chi connectivity index (χ3v) is 5.83. The van der Waals surface area contributed by atoms with Gasteiger partial charge in [0.05, 0.1) is 0 Å². The molecule has 0 aromatic rings. The molecule has 0 radical (unpaired) electrons. The van der Waals surface area contributed by atoms with Crippen molar-refractivity contribution in [1.29, 1.82) is 0 Å². The maximum absolute atomic E-state index is 5.78. The Bertz CT molecular complexity index is 372. The predicted octanol–water partition coefficient (Wildman–Crippen LogP) is -4.87. The molecule has 206 valence electrons. The van der Waals surface area contributed by atoms with E-state index in [2.05, 4.69) is 30.2 Å². The summed E-state index contributed by atoms with van der Waals surface area (Å²) in [6, 6.07) is 0. The summed E-state index contributed by atoms with van der Waals surface area (Å²) in [6.45, 7) is 19.0. The Balaban J connectivity index is 4.53. The van der Waals surface area contributed by atoms with Crippen LogP contribution >= 0.6 is 0 Å². The summed E-state index contributed by atoms with van der Waals surface area (Å²) < 4.78 is 0. The first-order valence-corrected chi connectivity index (χ1v) is 13.2. The summed E-state index contributed by atoms with van der Waals surface area (Å²) in [6.07, 6.45) is 0. The molecule has 0 heterocycles. The minimum atomic E-state index is 0.656. The van der Waals surface area contributed by atoms with Crippen molar-refractivity contribution in [3.63, 3.8) is 0 Å². The molecule has 0 aliphatic rings. The maximum atomic E-state index is 5.78. The Kier molecular flexibility index (Phi) is 25.2. The van der Waals surface area contributed by atoms with E-state index in [1.807, 2.05) is 0 Å². The van der Waals surface area contributed by atoms with E-state index in [1.165, 1.54) is 0 Å². The van der Waals surface area contributed by atoms with Crippen molar-refractivity contribution in [3.8, 4) is 0 Å². The van der Waals surface area contributed by atoms with E-state index in [9.17, 15) is 0 Å². The fraction of sp³-hybridized carbons (Fsp3) is 1.00. The summed E-state index contributed by atoms with van der Waals surface area (Å²) >= 11 is 0. The quantitative estimate of drug-likeness (QED) is 0.0512. The number of hydrogen-bond acceptors (Lipinski definition) is 12. The molecule has 0 unspecified atom stereocenters. The van der Waals surface area contributed by atoms with E-state index in [0.29, 0.717) is 39.3 Å². The summed E-state index contributed by atoms with van der Waals surface area (Å²) in [5.41, 5.74) is 34.4. The minimum absolute atomic E-state index is 0.656. The van der Waals surface area contributed by atoms with Crippen LogP contribution in [-0.2, 0) is 0 Å². The van der Waals surface area contributed by atoms with E-state index < -0.39 is 0 Å². The summed E-state index contributed by atoms with van der Waals surface area (Å²) in [7, 11) is 0. The molecule has 0 saturated carbocycles. The van der Waals surface area contributed by atoms with Crippen molar-refractivity contribution >= 4 is 0 Å². The third kappa shape index (κ3) is 19.8. The number of nitrogens with two attached hydrogens (primary N) is 6. The minimum Gasteiger partial charge on any atom is -0.329 e. The Morgan fingerprint density at radius 1 is 0.294 bits per heavy atom. The topological polar surface area (TPSA) is 193 Å². The largest absolute Gasteiger partial charge is 0.329 e. The zero-order chi connectivity index (χ0) is 25.3. The molecule has 0 aromatic heterocycles. The van der Waals surface area contributed by atoms with Crippen molar-refractivity contribution in [1.82, 2.24) is 30.2 Å². The van der Waals surface area contributed by atoms with Gasteiger partial charge in [-0.15, -0.1) is 0 Å². The monoisotopic (exact) mass is 490 g/mol. The molecule has 0 fully saturated rings. The summed E-state index contributed by atoms with van der Waals surface area (Å²) in [5, 5.41) is 6.96. The van der Waals surface area contributed by atoms with Gasteiger partial charge in [-0.3, -0.25) is 19.6 Å². The molecule has 34 heavy (non-hydrogen) atoms. The molecular formula is C22H58N12. The van der Waals surface area contributed by atoms with E-state index in [-0.39, 0.29) is 0 Å². The second-order valence-electron chi connectivity index (χ2n) is 8.60. The van der Waals surface area contributed by atoms with Crippen LogP contribution in [0.5, 0.6) is 0 Å². The number of nitrogens with one attached hydrogen (secondary N) is 2. The van der Waals surface area contributed by atoms with Gasteiger partial charge >= 0.3 is 0 Å². The van der Waals surface area contributed by atoms with Gasteiger partial charge in [0.2, 0.25) is 0 Å². The van der Waals surface area contributed by atoms with Crippen LogP contribution < -0.4 is 45.0 Å². The Morgan fingerprint density at radius 3 is 0.853 bits per heavy atom. The maximum Gasteiger partial charge on any atom is 0.0110 e. The average molecular weight is 491 g/mol. The second kappa shape index (κ2) is 25.6. The Hall–Kier alpha value is -0.480. The van der Waals surface area contributed by atoms with Crippen molar-refractivity contribution < 1.29 is 0 Å². The van der Waals surface area contributed by atoms with Gasteiger partial charge < -0.3 is 45.0 Å². The Labute approximate surface area is 209 Å². The molecule has 0 atom stereocenters. The lowest BCUT2D eigenvalue weighted by Gasteiger charge is -2.30. The number of rotatable bonds is 27. The highest BCUT2D eigenvalue weighted by Crippen LogP contribution is 1.95. The molecule has 0 spiro atoms. The molecule has 0 bridgehead atoms. The predicted molar refractivity (Wildman–Crippen MR) is 146 cm³/mol. The number of hydrogen-bond donors (Lipinski definition) is 8. The summed E-state index contributed by atoms with van der Waals surface area (Å²) in [5.74, 6) is 0. The van der Waals surface area contributed by atoms with Crippen LogP contribution in [0.1, 0.15) is 0 Å². The van der Waals surface area contributed by atoms with Gasteiger partial charge in [-0.05, 0) is 0 Å². The number of nitrogens with zero attached hydrogens (tertiary/aromatic N) is 4. The molecule has 0 aromatic carbocycles. The highest BCUT2D eigenvalue weighted by Gasteiger charge is 2.11. The first-order valence-electron chi connectivity index (χ1n) is 13.2. The van der Waals surface area contributed by atoms with Gasteiger partial charge in [0, 0.05) is 144 Å². The van der Waals surface area contributed by atoms with Gasteiger partial charge in [-0.25, -0.2) is 0 Å². The van der Waals surface area contributed by atoms with Gasteiger partial charge in [-0.1, -0.05) is 0 Å². The second-order valence-corrected chi connectivity index (χ2v) is 8.60. The SMILES string of the molecule is NCCNCCN(CCN)CCNCCN(CCN(CCN)CCN)CCN(CCN)CCN. The molecule has 0 saturated heterocycles. The van der Waals surface area contributed by atoms with E-state index in [1.54, 1.807) is 0 Å². The van der Waals surface area contributed by atoms with Crippen LogP contribution in [0.4, 0.5) is 0 Å². The summed E-state index contributed by atoms with van der Waals surface area (Å²) in [4.78, 5) is 9.60. The fourth-order valence-corrected chi connectivity index (χ4v) is 3.88. The van der Waals surface area contributed by atoms with Crippen molar-refractivity contribution in [2.75, 3.05) is 144 Å². The highest BCUT2D eigenvalue weighted by molar-refractivity contribution is 4.70. The highest BCUT2D eigenvalue weighted by atomic mass is 15.2. The van der Waals surface area contributed by atoms with E-state index in [4.69, 9.17) is 34.4 Å². The van der Waals surface area contributed by atoms with Gasteiger partial charge in [0.25, 0.3) is 0 Å². The smallest absolute Gasteiger partial charge is 0.0110 e. The molecular weight excluding hydrogens is 432 g/mol. The lowest BCUT2D eigenvalue weighted by molar-refractivity contribution is 0.180. The molecule has 0 amide bonds. The van der Waals surface area contributed by atoms with Crippen LogP contribution in [0.25, 0.3) is 0 Å². The zero-order valence-electron chi connectivity index (χ0n) is 21.8. The van der Waals surface area contributed by atoms with E-state index >= 15 is 0 Å². The molecule has 12 heteroatoms. The van der Waals surface area contributed by atoms with Crippen LogP contribution in [0, 0.1) is 0 Å². The average Bonchev–Trinajstić information content (AvgIpc) is 2.83. The zero-order valence-corrected chi connectivity index (χ0v) is 21.8. The molecule has 14 N–H and O–H groups in total. The van der Waals surface area contributed by atoms with Gasteiger partial charge in [0.15, 0.2) is 0 Å². The first-order chi connectivity index (χ1) is 16.6. The van der Waals surface area contributed by atoms with E-state index in [0.717, 1.165) is 105 Å². The van der Waals surface area contributed by atoms with Crippen molar-refractivity contribution in [2.24, 2.45) is 34.4 Å². The molecule has 0 rings (SSSR count). The van der Waals surface area contributed by atoms with Gasteiger partial charge in [0.1, 0.15) is 0 Å². The fourth-order valence-electron chi connectivity index (χ4n) is 3.88. The van der Waals surface area contributed by atoms with Crippen LogP contribution in [0.15, 0.2) is 0 Å². The van der Waals surface area contributed by atoms with Crippen LogP contribution in [-0.4, -0.2) is 164 Å². The van der Waals surface area contributed by atoms with Crippen LogP contribution in [0.2, 0.25) is 0 Å². The Morgan fingerprint density at radius 2 is 0.559 bits per heavy atom. The third-order valence-electron chi connectivity index (χ3n) is 5.83. The van der Waals surface area contributed by atoms with Crippen LogP contribution in [0.3, 0.4) is 0 Å². The molecule has 0 aliphatic heterocycles. The lowest BCUT2D eigenvalue weighted by Crippen LogP contribution is -2.46. The lowest BCUT2D eigenvalue weighted by atomic mass is 10.3. The first kappa shape index (κ1) is 33.5. The standard InChI is InChI=1S/C22H58N12/c23-1-7-29-8-16-33(15-6-28)17-9-30-10-18-34(21-19-31(11-2-24)12-3-25)22-20-32(13-4-26)14-5-27/h29-30H,1-28H2. The van der Waals surface area contributed by atoms with Crippen molar-refractivity contribution in [2.45, 2.75) is 0 Å². The molecule has 0 aliphatic carbocycles. The van der Waals surface area contributed by atoms with Gasteiger partial charge in [-0.2, -0.15) is 0 Å². The molecule has 12 nitrogen and oxygen atoms in total.